The Kier molecular flexibility index (Phi) is 6.93. The van der Waals surface area contributed by atoms with E-state index in [4.69, 9.17) is 23.2 Å². The number of rotatable bonds is 7. The van der Waals surface area contributed by atoms with E-state index >= 15 is 0 Å². The van der Waals surface area contributed by atoms with Gasteiger partial charge in [-0.15, -0.1) is 5.10 Å². The molecule has 0 fully saturated rings. The number of hydrogen-bond acceptors (Lipinski definition) is 5. The number of nitrogens with one attached hydrogen (secondary N) is 1. The van der Waals surface area contributed by atoms with E-state index in [2.05, 4.69) is 20.8 Å². The number of hydrogen-bond donors (Lipinski definition) is 1. The van der Waals surface area contributed by atoms with Crippen LogP contribution >= 0.6 is 35.0 Å². The molecule has 2 atom stereocenters. The Labute approximate surface area is 177 Å². The van der Waals surface area contributed by atoms with Crippen molar-refractivity contribution in [3.63, 3.8) is 0 Å². The van der Waals surface area contributed by atoms with Crippen molar-refractivity contribution < 1.29 is 4.79 Å². The number of carbonyl (C=O) groups excluding carboxylic acids is 1. The summed E-state index contributed by atoms with van der Waals surface area (Å²) in [4.78, 5) is 12.6. The van der Waals surface area contributed by atoms with E-state index < -0.39 is 0 Å². The van der Waals surface area contributed by atoms with Crippen LogP contribution in [-0.2, 0) is 11.3 Å². The molecule has 1 amide bonds. The molecule has 1 N–H and O–H groups in total. The summed E-state index contributed by atoms with van der Waals surface area (Å²) in [5, 5.41) is 16.1. The van der Waals surface area contributed by atoms with E-state index in [9.17, 15) is 4.79 Å². The molecule has 3 rings (SSSR count). The van der Waals surface area contributed by atoms with Crippen molar-refractivity contribution >= 4 is 40.9 Å². The van der Waals surface area contributed by atoms with Crippen LogP contribution in [0.1, 0.15) is 31.0 Å². The van der Waals surface area contributed by atoms with Crippen LogP contribution in [-0.4, -0.2) is 31.4 Å². The molecular weight excluding hydrogens is 417 g/mol. The van der Waals surface area contributed by atoms with Gasteiger partial charge in [-0.25, -0.2) is 4.68 Å². The van der Waals surface area contributed by atoms with Crippen molar-refractivity contribution in [2.45, 2.75) is 36.8 Å². The molecule has 0 spiro atoms. The zero-order valence-electron chi connectivity index (χ0n) is 15.3. The van der Waals surface area contributed by atoms with Gasteiger partial charge < -0.3 is 5.32 Å². The van der Waals surface area contributed by atoms with Crippen LogP contribution in [0.4, 0.5) is 0 Å². The smallest absolute Gasteiger partial charge is 0.233 e. The molecule has 2 aromatic carbocycles. The van der Waals surface area contributed by atoms with Gasteiger partial charge in [0.1, 0.15) is 0 Å². The largest absolute Gasteiger partial charge is 0.349 e. The SMILES string of the molecule is CC(Sc1nnnn1Cc1ccccc1)C(=O)NC(C)c1ccc(Cl)cc1Cl. The first-order valence-electron chi connectivity index (χ1n) is 8.66. The maximum Gasteiger partial charge on any atom is 0.233 e. The van der Waals surface area contributed by atoms with Gasteiger partial charge in [-0.1, -0.05) is 71.4 Å². The second-order valence-corrected chi connectivity index (χ2v) is 8.41. The number of thioether (sulfide) groups is 1. The Bertz CT molecular complexity index is 951. The number of tetrazole rings is 1. The summed E-state index contributed by atoms with van der Waals surface area (Å²) in [6, 6.07) is 14.9. The summed E-state index contributed by atoms with van der Waals surface area (Å²) >= 11 is 13.5. The highest BCUT2D eigenvalue weighted by Gasteiger charge is 2.21. The second-order valence-electron chi connectivity index (χ2n) is 6.26. The summed E-state index contributed by atoms with van der Waals surface area (Å²) in [6.07, 6.45) is 0. The number of carbonyl (C=O) groups is 1. The van der Waals surface area contributed by atoms with E-state index in [1.54, 1.807) is 16.8 Å². The minimum absolute atomic E-state index is 0.127. The summed E-state index contributed by atoms with van der Waals surface area (Å²) in [5.41, 5.74) is 1.89. The molecule has 0 aliphatic heterocycles. The first kappa shape index (κ1) is 20.6. The van der Waals surface area contributed by atoms with E-state index in [0.29, 0.717) is 21.7 Å². The van der Waals surface area contributed by atoms with Gasteiger partial charge in [-0.2, -0.15) is 0 Å². The van der Waals surface area contributed by atoms with Crippen LogP contribution in [0.25, 0.3) is 0 Å². The molecule has 28 heavy (non-hydrogen) atoms. The fourth-order valence-electron chi connectivity index (χ4n) is 2.61. The molecule has 9 heteroatoms. The third-order valence-corrected chi connectivity index (χ3v) is 5.75. The lowest BCUT2D eigenvalue weighted by Crippen LogP contribution is -2.33. The highest BCUT2D eigenvalue weighted by Crippen LogP contribution is 2.27. The standard InChI is InChI=1S/C19H19Cl2N5OS/c1-12(16-9-8-15(20)10-17(16)21)22-18(27)13(2)28-19-23-24-25-26(19)11-14-6-4-3-5-7-14/h3-10,12-13H,11H2,1-2H3,(H,22,27). The zero-order chi connectivity index (χ0) is 20.1. The van der Waals surface area contributed by atoms with Crippen LogP contribution in [0, 0.1) is 0 Å². The van der Waals surface area contributed by atoms with E-state index in [-0.39, 0.29) is 17.2 Å². The monoisotopic (exact) mass is 435 g/mol. The fraction of sp³-hybridized carbons (Fsp3) is 0.263. The van der Waals surface area contributed by atoms with Crippen LogP contribution in [0.2, 0.25) is 10.0 Å². The highest BCUT2D eigenvalue weighted by molar-refractivity contribution is 8.00. The summed E-state index contributed by atoms with van der Waals surface area (Å²) in [7, 11) is 0. The van der Waals surface area contributed by atoms with Gasteiger partial charge in [0.05, 0.1) is 17.8 Å². The van der Waals surface area contributed by atoms with Gasteiger partial charge in [0, 0.05) is 10.0 Å². The first-order chi connectivity index (χ1) is 13.4. The van der Waals surface area contributed by atoms with Crippen molar-refractivity contribution in [2.24, 2.45) is 0 Å². The lowest BCUT2D eigenvalue weighted by Gasteiger charge is -2.18. The molecule has 0 saturated heterocycles. The predicted molar refractivity (Wildman–Crippen MR) is 112 cm³/mol. The predicted octanol–water partition coefficient (Wildman–Crippen LogP) is 4.39. The third kappa shape index (κ3) is 5.25. The molecule has 1 heterocycles. The lowest BCUT2D eigenvalue weighted by atomic mass is 10.1. The van der Waals surface area contributed by atoms with E-state index in [1.165, 1.54) is 11.8 Å². The molecule has 2 unspecified atom stereocenters. The molecule has 146 valence electrons. The van der Waals surface area contributed by atoms with Crippen molar-refractivity contribution in [3.8, 4) is 0 Å². The average Bonchev–Trinajstić information content (AvgIpc) is 3.09. The fourth-order valence-corrected chi connectivity index (χ4v) is 3.98. The molecular formula is C19H19Cl2N5OS. The van der Waals surface area contributed by atoms with Gasteiger partial charge in [0.25, 0.3) is 0 Å². The topological polar surface area (TPSA) is 72.7 Å². The van der Waals surface area contributed by atoms with Crippen LogP contribution in [0.15, 0.2) is 53.7 Å². The quantitative estimate of drug-likeness (QED) is 0.557. The minimum Gasteiger partial charge on any atom is -0.349 e. The van der Waals surface area contributed by atoms with Crippen molar-refractivity contribution in [3.05, 3.63) is 69.7 Å². The average molecular weight is 436 g/mol. The number of nitrogens with zero attached hydrogens (tertiary/aromatic N) is 4. The molecule has 0 aliphatic carbocycles. The number of benzene rings is 2. The van der Waals surface area contributed by atoms with Gasteiger partial charge in [0.2, 0.25) is 11.1 Å². The maximum absolute atomic E-state index is 12.6. The molecule has 0 bridgehead atoms. The number of aromatic nitrogens is 4. The first-order valence-corrected chi connectivity index (χ1v) is 10.3. The van der Waals surface area contributed by atoms with Crippen molar-refractivity contribution in [2.75, 3.05) is 0 Å². The Morgan fingerprint density at radius 1 is 1.18 bits per heavy atom. The molecule has 0 radical (unpaired) electrons. The normalized spacial score (nSPS) is 13.1. The van der Waals surface area contributed by atoms with Crippen molar-refractivity contribution in [1.29, 1.82) is 0 Å². The highest BCUT2D eigenvalue weighted by atomic mass is 35.5. The zero-order valence-corrected chi connectivity index (χ0v) is 17.7. The summed E-state index contributed by atoms with van der Waals surface area (Å²) in [5.74, 6) is -0.127. The Morgan fingerprint density at radius 3 is 2.64 bits per heavy atom. The third-order valence-electron chi connectivity index (χ3n) is 4.11. The Hall–Kier alpha value is -2.09. The van der Waals surface area contributed by atoms with Gasteiger partial charge in [-0.3, -0.25) is 4.79 Å². The number of amides is 1. The van der Waals surface area contributed by atoms with Crippen LogP contribution < -0.4 is 5.32 Å². The van der Waals surface area contributed by atoms with Crippen LogP contribution in [0.3, 0.4) is 0 Å². The van der Waals surface area contributed by atoms with Gasteiger partial charge in [-0.05, 0) is 47.5 Å². The molecule has 0 saturated carbocycles. The lowest BCUT2D eigenvalue weighted by molar-refractivity contribution is -0.120. The van der Waals surface area contributed by atoms with E-state index in [0.717, 1.165) is 11.1 Å². The maximum atomic E-state index is 12.6. The van der Waals surface area contributed by atoms with Gasteiger partial charge >= 0.3 is 0 Å². The van der Waals surface area contributed by atoms with Crippen molar-refractivity contribution in [1.82, 2.24) is 25.5 Å². The summed E-state index contributed by atoms with van der Waals surface area (Å²) in [6.45, 7) is 4.24. The molecule has 3 aromatic rings. The van der Waals surface area contributed by atoms with E-state index in [1.807, 2.05) is 50.2 Å². The van der Waals surface area contributed by atoms with Crippen LogP contribution in [0.5, 0.6) is 0 Å². The molecule has 6 nitrogen and oxygen atoms in total. The minimum atomic E-state index is -0.381. The molecule has 1 aromatic heterocycles. The Morgan fingerprint density at radius 2 is 1.93 bits per heavy atom. The summed E-state index contributed by atoms with van der Waals surface area (Å²) < 4.78 is 1.68. The van der Waals surface area contributed by atoms with Gasteiger partial charge in [0.15, 0.2) is 0 Å². The Balaban J connectivity index is 1.62. The molecule has 0 aliphatic rings. The number of halogens is 2. The second kappa shape index (κ2) is 9.41.